The standard InChI is InChI=1S/C30H23FN8OS/c1-16-9-18(3-6-23(16)31)17(2)39-15-38-27-20(11-32)12-34-29(26(27)30(39)40)35-13-21-5-8-25(41-21)19-4-7-24-22(10-19)28(33)37-14-36-24/h3-10,12,14-15,17H,13H2,1-2H3,(H,34,35)(H2,33,36,37)/t17-/m0/s1. The molecule has 3 N–H and O–H groups in total. The van der Waals surface area contributed by atoms with Crippen LogP contribution in [0, 0.1) is 24.1 Å². The van der Waals surface area contributed by atoms with Gasteiger partial charge in [-0.05, 0) is 60.9 Å². The van der Waals surface area contributed by atoms with Gasteiger partial charge in [-0.25, -0.2) is 24.3 Å². The Kier molecular flexibility index (Phi) is 6.61. The molecule has 6 aromatic rings. The van der Waals surface area contributed by atoms with E-state index in [1.54, 1.807) is 30.4 Å². The number of thiophene rings is 1. The zero-order valence-electron chi connectivity index (χ0n) is 22.1. The number of benzene rings is 2. The lowest BCUT2D eigenvalue weighted by Gasteiger charge is -2.17. The van der Waals surface area contributed by atoms with E-state index in [0.717, 1.165) is 31.8 Å². The van der Waals surface area contributed by atoms with Crippen molar-refractivity contribution < 1.29 is 4.39 Å². The van der Waals surface area contributed by atoms with Gasteiger partial charge in [-0.15, -0.1) is 11.3 Å². The van der Waals surface area contributed by atoms with Crippen molar-refractivity contribution >= 4 is 44.8 Å². The number of halogens is 1. The van der Waals surface area contributed by atoms with E-state index >= 15 is 0 Å². The number of hydrogen-bond acceptors (Lipinski definition) is 9. The first-order chi connectivity index (χ1) is 19.8. The van der Waals surface area contributed by atoms with E-state index in [2.05, 4.69) is 31.3 Å². The van der Waals surface area contributed by atoms with Crippen LogP contribution >= 0.6 is 11.3 Å². The Hall–Kier alpha value is -5.21. The molecule has 0 spiro atoms. The predicted octanol–water partition coefficient (Wildman–Crippen LogP) is 5.59. The highest BCUT2D eigenvalue weighted by molar-refractivity contribution is 7.15. The Morgan fingerprint density at radius 1 is 1.12 bits per heavy atom. The fraction of sp³-hybridized carbons (Fsp3) is 0.133. The molecule has 0 aliphatic carbocycles. The maximum absolute atomic E-state index is 13.9. The molecule has 0 bridgehead atoms. The SMILES string of the molecule is Cc1cc([C@H](C)n2cnc3c(C#N)cnc(NCc4ccc(-c5ccc6ncnc(N)c6c5)s4)c3c2=O)ccc1F. The van der Waals surface area contributed by atoms with Gasteiger partial charge in [0.25, 0.3) is 5.56 Å². The fourth-order valence-electron chi connectivity index (χ4n) is 4.75. The molecule has 202 valence electrons. The van der Waals surface area contributed by atoms with Crippen LogP contribution in [0.25, 0.3) is 32.2 Å². The molecule has 2 aromatic carbocycles. The Labute approximate surface area is 237 Å². The smallest absolute Gasteiger partial charge is 0.265 e. The van der Waals surface area contributed by atoms with Crippen LogP contribution < -0.4 is 16.6 Å². The lowest BCUT2D eigenvalue weighted by molar-refractivity contribution is 0.595. The van der Waals surface area contributed by atoms with E-state index in [1.807, 2.05) is 37.3 Å². The van der Waals surface area contributed by atoms with Crippen molar-refractivity contribution in [2.45, 2.75) is 26.4 Å². The Morgan fingerprint density at radius 2 is 1.98 bits per heavy atom. The first kappa shape index (κ1) is 26.0. The van der Waals surface area contributed by atoms with Crippen LogP contribution in [0.3, 0.4) is 0 Å². The zero-order chi connectivity index (χ0) is 28.7. The van der Waals surface area contributed by atoms with Crippen molar-refractivity contribution in [3.8, 4) is 16.5 Å². The third-order valence-corrected chi connectivity index (χ3v) is 8.19. The second-order valence-corrected chi connectivity index (χ2v) is 10.8. The highest BCUT2D eigenvalue weighted by atomic mass is 32.1. The van der Waals surface area contributed by atoms with Crippen LogP contribution in [0.15, 0.2) is 72.2 Å². The number of nitrogen functional groups attached to an aromatic ring is 1. The second-order valence-electron chi connectivity index (χ2n) is 9.61. The van der Waals surface area contributed by atoms with Crippen LogP contribution in [0.5, 0.6) is 0 Å². The molecule has 41 heavy (non-hydrogen) atoms. The number of pyridine rings is 1. The van der Waals surface area contributed by atoms with Crippen LogP contribution in [-0.2, 0) is 6.54 Å². The number of fused-ring (bicyclic) bond motifs is 2. The lowest BCUT2D eigenvalue weighted by atomic mass is 10.0. The number of aromatic nitrogens is 5. The van der Waals surface area contributed by atoms with E-state index in [-0.39, 0.29) is 27.8 Å². The topological polar surface area (TPSA) is 135 Å². The maximum Gasteiger partial charge on any atom is 0.265 e. The monoisotopic (exact) mass is 562 g/mol. The van der Waals surface area contributed by atoms with Crippen LogP contribution in [0.2, 0.25) is 0 Å². The average Bonchev–Trinajstić information content (AvgIpc) is 3.46. The highest BCUT2D eigenvalue weighted by Gasteiger charge is 2.19. The van der Waals surface area contributed by atoms with Gasteiger partial charge in [0, 0.05) is 21.3 Å². The number of nitrogens with one attached hydrogen (secondary N) is 1. The summed E-state index contributed by atoms with van der Waals surface area (Å²) < 4.78 is 15.3. The molecular weight excluding hydrogens is 539 g/mol. The average molecular weight is 563 g/mol. The van der Waals surface area contributed by atoms with Crippen molar-refractivity contribution in [3.05, 3.63) is 105 Å². The molecule has 0 radical (unpaired) electrons. The number of nitriles is 1. The van der Waals surface area contributed by atoms with Crippen molar-refractivity contribution in [1.29, 1.82) is 5.26 Å². The third-order valence-electron chi connectivity index (χ3n) is 7.06. The van der Waals surface area contributed by atoms with E-state index in [0.29, 0.717) is 23.7 Å². The molecule has 0 saturated carbocycles. The summed E-state index contributed by atoms with van der Waals surface area (Å²) in [5.41, 5.74) is 9.20. The molecule has 0 saturated heterocycles. The second kappa shape index (κ2) is 10.4. The van der Waals surface area contributed by atoms with Crippen molar-refractivity contribution in [3.63, 3.8) is 0 Å². The molecule has 11 heteroatoms. The summed E-state index contributed by atoms with van der Waals surface area (Å²) in [6.45, 7) is 3.92. The Balaban J connectivity index is 1.32. The lowest BCUT2D eigenvalue weighted by Crippen LogP contribution is -2.25. The van der Waals surface area contributed by atoms with Crippen LogP contribution in [-0.4, -0.2) is 24.5 Å². The van der Waals surface area contributed by atoms with Crippen molar-refractivity contribution in [2.75, 3.05) is 11.1 Å². The third kappa shape index (κ3) is 4.74. The van der Waals surface area contributed by atoms with E-state index < -0.39 is 6.04 Å². The minimum Gasteiger partial charge on any atom is -0.383 e. The number of rotatable bonds is 6. The first-order valence-corrected chi connectivity index (χ1v) is 13.5. The fourth-order valence-corrected chi connectivity index (χ4v) is 5.69. The Morgan fingerprint density at radius 3 is 2.78 bits per heavy atom. The molecule has 0 fully saturated rings. The van der Waals surface area contributed by atoms with Crippen molar-refractivity contribution in [1.82, 2.24) is 24.5 Å². The highest BCUT2D eigenvalue weighted by Crippen LogP contribution is 2.32. The van der Waals surface area contributed by atoms with Gasteiger partial charge in [0.15, 0.2) is 0 Å². The zero-order valence-corrected chi connectivity index (χ0v) is 22.9. The van der Waals surface area contributed by atoms with E-state index in [9.17, 15) is 14.4 Å². The molecule has 4 aromatic heterocycles. The number of hydrogen-bond donors (Lipinski definition) is 2. The van der Waals surface area contributed by atoms with Gasteiger partial charge in [-0.1, -0.05) is 18.2 Å². The van der Waals surface area contributed by atoms with Crippen molar-refractivity contribution in [2.24, 2.45) is 0 Å². The maximum atomic E-state index is 13.9. The minimum atomic E-state index is -0.418. The summed E-state index contributed by atoms with van der Waals surface area (Å²) >= 11 is 1.59. The summed E-state index contributed by atoms with van der Waals surface area (Å²) in [4.78, 5) is 33.0. The number of anilines is 2. The predicted molar refractivity (Wildman–Crippen MR) is 158 cm³/mol. The van der Waals surface area contributed by atoms with Gasteiger partial charge < -0.3 is 11.1 Å². The summed E-state index contributed by atoms with van der Waals surface area (Å²) in [5, 5.41) is 13.9. The number of aryl methyl sites for hydroxylation is 1. The van der Waals surface area contributed by atoms with Gasteiger partial charge in [-0.2, -0.15) is 5.26 Å². The molecule has 0 aliphatic rings. The van der Waals surface area contributed by atoms with E-state index in [4.69, 9.17) is 5.73 Å². The van der Waals surface area contributed by atoms with Gasteiger partial charge in [0.05, 0.1) is 30.0 Å². The number of nitrogens with zero attached hydrogens (tertiary/aromatic N) is 6. The molecule has 9 nitrogen and oxygen atoms in total. The largest absolute Gasteiger partial charge is 0.383 e. The summed E-state index contributed by atoms with van der Waals surface area (Å²) in [7, 11) is 0. The van der Waals surface area contributed by atoms with Gasteiger partial charge in [-0.3, -0.25) is 9.36 Å². The Bertz CT molecular complexity index is 2060. The molecule has 1 atom stereocenters. The minimum absolute atomic E-state index is 0.207. The van der Waals surface area contributed by atoms with Gasteiger partial charge in [0.1, 0.15) is 40.8 Å². The number of nitrogens with two attached hydrogens (primary N) is 1. The molecule has 0 amide bonds. The molecule has 0 aliphatic heterocycles. The summed E-state index contributed by atoms with van der Waals surface area (Å²) in [5.74, 6) is 0.450. The van der Waals surface area contributed by atoms with E-state index in [1.165, 1.54) is 29.5 Å². The van der Waals surface area contributed by atoms with Crippen LogP contribution in [0.1, 0.15) is 34.5 Å². The molecule has 6 rings (SSSR count). The molecule has 4 heterocycles. The van der Waals surface area contributed by atoms with Gasteiger partial charge in [0.2, 0.25) is 0 Å². The summed E-state index contributed by atoms with van der Waals surface area (Å²) in [6, 6.07) is 16.3. The van der Waals surface area contributed by atoms with Gasteiger partial charge >= 0.3 is 0 Å². The summed E-state index contributed by atoms with van der Waals surface area (Å²) in [6.07, 6.45) is 4.28. The first-order valence-electron chi connectivity index (χ1n) is 12.7. The van der Waals surface area contributed by atoms with Crippen LogP contribution in [0.4, 0.5) is 16.0 Å². The molecular formula is C30H23FN8OS. The quantitative estimate of drug-likeness (QED) is 0.268. The molecule has 0 unspecified atom stereocenters. The normalized spacial score (nSPS) is 12.0.